The van der Waals surface area contributed by atoms with Gasteiger partial charge >= 0.3 is 89.0 Å². The van der Waals surface area contributed by atoms with Crippen molar-refractivity contribution < 1.29 is 64.2 Å². The monoisotopic (exact) mass is 725 g/mol. The van der Waals surface area contributed by atoms with Crippen LogP contribution in [0.4, 0.5) is 4.39 Å². The fourth-order valence-electron chi connectivity index (χ4n) is 0.219. The van der Waals surface area contributed by atoms with E-state index in [1.54, 1.807) is 6.07 Å². The molecule has 1 nitrogen and oxygen atoms in total. The zero-order valence-electron chi connectivity index (χ0n) is 5.01. The van der Waals surface area contributed by atoms with Gasteiger partial charge in [0, 0.05) is 21.1 Å². The van der Waals surface area contributed by atoms with Crippen LogP contribution in [-0.2, 0) is 59.8 Å². The molecule has 0 spiro atoms. The Kier molecular flexibility index (Phi) is 11.0. The molecule has 0 heterocycles. The van der Waals surface area contributed by atoms with Crippen LogP contribution in [0, 0.1) is 11.3 Å². The van der Waals surface area contributed by atoms with Gasteiger partial charge in [-0.15, -0.1) is 0 Å². The van der Waals surface area contributed by atoms with Gasteiger partial charge in [0.15, 0.2) is 0 Å². The van der Waals surface area contributed by atoms with E-state index >= 15 is 0 Å². The summed E-state index contributed by atoms with van der Waals surface area (Å²) in [5.74, 6) is -0.431. The summed E-state index contributed by atoms with van der Waals surface area (Å²) in [5, 5.41) is 8.25. The molecular formula is C5HBrFNW3. The van der Waals surface area contributed by atoms with E-state index in [2.05, 4.69) is 15.9 Å². The smallest absolute Gasteiger partial charge is 0 e. The van der Waals surface area contributed by atoms with Crippen molar-refractivity contribution in [2.24, 2.45) is 0 Å². The van der Waals surface area contributed by atoms with Gasteiger partial charge in [0.2, 0.25) is 0 Å². The quantitative estimate of drug-likeness (QED) is 0.420. The van der Waals surface area contributed by atoms with Crippen LogP contribution in [0.15, 0.2) is 11.9 Å². The molecule has 0 aromatic carbocycles. The number of rotatable bonds is 2. The Bertz CT molecular complexity index is 243. The normalized spacial score (nSPS) is 9.36. The maximum atomic E-state index is 12.6. The molecule has 0 saturated carbocycles. The van der Waals surface area contributed by atoms with Gasteiger partial charge in [0.1, 0.15) is 0 Å². The van der Waals surface area contributed by atoms with Gasteiger partial charge in [0.05, 0.1) is 0 Å². The van der Waals surface area contributed by atoms with E-state index in [0.717, 1.165) is 41.5 Å². The molecule has 0 radical (unpaired) electrons. The Morgan fingerprint density at radius 3 is 2.27 bits per heavy atom. The maximum Gasteiger partial charge on any atom is 0 e. The first-order valence-electron chi connectivity index (χ1n) is 2.09. The summed E-state index contributed by atoms with van der Waals surface area (Å²) >= 11 is 5.10. The van der Waals surface area contributed by atoms with Crippen LogP contribution in [0.5, 0.6) is 0 Å². The number of nitrogens with zero attached hydrogens (tertiary/aromatic N) is 1. The van der Waals surface area contributed by atoms with Crippen molar-refractivity contribution in [3.8, 4) is 6.07 Å². The molecule has 0 saturated heterocycles. The Morgan fingerprint density at radius 2 is 2.00 bits per heavy atom. The molecule has 0 rings (SSSR count). The minimum atomic E-state index is -0.431. The van der Waals surface area contributed by atoms with E-state index in [1.165, 1.54) is 6.08 Å². The van der Waals surface area contributed by atoms with E-state index in [4.69, 9.17) is 5.26 Å². The molecule has 0 aromatic rings. The standard InChI is InChI=1S/C5HBrFN.3W/c6-3-1-5(7)2-4-8;;;/h1H;;;/b5-1+;;;. The Balaban J connectivity index is 0. The third kappa shape index (κ3) is 7.79. The molecule has 0 N–H and O–H groups in total. The van der Waals surface area contributed by atoms with Crippen molar-refractivity contribution in [3.05, 3.63) is 11.9 Å². The van der Waals surface area contributed by atoms with Crippen molar-refractivity contribution in [3.63, 3.8) is 0 Å². The van der Waals surface area contributed by atoms with Crippen LogP contribution < -0.4 is 0 Å². The minimum Gasteiger partial charge on any atom is 0 e. The zero-order chi connectivity index (χ0) is 8.15. The summed E-state index contributed by atoms with van der Waals surface area (Å²) in [7, 11) is 0. The summed E-state index contributed by atoms with van der Waals surface area (Å²) in [6, 6.07) is 1.76. The van der Waals surface area contributed by atoms with Gasteiger partial charge in [-0.05, 0) is 0 Å². The molecule has 58 valence electrons. The van der Waals surface area contributed by atoms with Gasteiger partial charge in [-0.3, -0.25) is 0 Å². The van der Waals surface area contributed by atoms with Crippen molar-refractivity contribution in [1.29, 1.82) is 5.26 Å². The first kappa shape index (κ1) is 14.9. The average molecular weight is 725 g/mol. The SMILES string of the molecule is N#C[C](=[W])/C(F)=C\[C](Br)=[W].[W]. The van der Waals surface area contributed by atoms with Gasteiger partial charge in [-0.1, -0.05) is 0 Å². The Hall–Kier alpha value is 1.44. The third-order valence-electron chi connectivity index (χ3n) is 0.559. The third-order valence-corrected chi connectivity index (χ3v) is 2.24. The zero-order valence-corrected chi connectivity index (χ0v) is 15.4. The second-order valence-corrected chi connectivity index (χ2v) is 7.21. The molecule has 0 atom stereocenters. The van der Waals surface area contributed by atoms with Gasteiger partial charge in [-0.2, -0.15) is 0 Å². The van der Waals surface area contributed by atoms with Gasteiger partial charge in [0.25, 0.3) is 0 Å². The molecule has 11 heavy (non-hydrogen) atoms. The van der Waals surface area contributed by atoms with E-state index in [0.29, 0.717) is 0 Å². The fraction of sp³-hybridized carbons (Fsp3) is 0. The maximum absolute atomic E-state index is 12.6. The number of halogens is 2. The van der Waals surface area contributed by atoms with Crippen molar-refractivity contribution in [1.82, 2.24) is 0 Å². The molecule has 0 bridgehead atoms. The molecule has 0 aliphatic heterocycles. The van der Waals surface area contributed by atoms with E-state index in [9.17, 15) is 4.39 Å². The molecule has 6 heteroatoms. The average Bonchev–Trinajstić information content (AvgIpc) is 1.85. The van der Waals surface area contributed by atoms with E-state index in [-0.39, 0.29) is 25.0 Å². The summed E-state index contributed by atoms with van der Waals surface area (Å²) in [4.78, 5) is 0. The minimum absolute atomic E-state index is 0. The van der Waals surface area contributed by atoms with Crippen molar-refractivity contribution >= 4 is 22.6 Å². The number of hydrogen-bond donors (Lipinski definition) is 0. The molecule has 0 unspecified atom stereocenters. The molecule has 0 aromatic heterocycles. The summed E-state index contributed by atoms with van der Waals surface area (Å²) in [6.07, 6.45) is 1.32. The molecule has 0 fully saturated rings. The summed E-state index contributed by atoms with van der Waals surface area (Å²) in [6.45, 7) is 0. The Labute approximate surface area is 109 Å². The number of allylic oxidation sites excluding steroid dienone is 2. The van der Waals surface area contributed by atoms with Crippen LogP contribution in [0.2, 0.25) is 0 Å². The van der Waals surface area contributed by atoms with Crippen LogP contribution in [-0.4, -0.2) is 6.71 Å². The summed E-state index contributed by atoms with van der Waals surface area (Å²) in [5.41, 5.74) is 0. The second kappa shape index (κ2) is 8.06. The van der Waals surface area contributed by atoms with Crippen LogP contribution in [0.1, 0.15) is 0 Å². The molecular weight excluding hydrogens is 724 g/mol. The predicted molar refractivity (Wildman–Crippen MR) is 33.7 cm³/mol. The first-order chi connectivity index (χ1) is 4.57. The number of nitriles is 1. The van der Waals surface area contributed by atoms with E-state index in [1.807, 2.05) is 0 Å². The molecule has 0 aliphatic rings. The largest absolute Gasteiger partial charge is 0 e. The predicted octanol–water partition coefficient (Wildman–Crippen LogP) is 1.15. The van der Waals surface area contributed by atoms with Gasteiger partial charge < -0.3 is 0 Å². The number of hydrogen-bond acceptors (Lipinski definition) is 1. The molecule has 0 aliphatic carbocycles. The van der Waals surface area contributed by atoms with E-state index < -0.39 is 5.83 Å². The summed E-state index contributed by atoms with van der Waals surface area (Å²) < 4.78 is 13.6. The Morgan fingerprint density at radius 1 is 1.55 bits per heavy atom. The fourth-order valence-corrected chi connectivity index (χ4v) is 1.00. The van der Waals surface area contributed by atoms with Gasteiger partial charge in [-0.25, -0.2) is 0 Å². The second-order valence-electron chi connectivity index (χ2n) is 1.24. The van der Waals surface area contributed by atoms with Crippen molar-refractivity contribution in [2.45, 2.75) is 0 Å². The van der Waals surface area contributed by atoms with Crippen LogP contribution in [0.25, 0.3) is 0 Å². The van der Waals surface area contributed by atoms with Crippen LogP contribution >= 0.6 is 15.9 Å². The first-order valence-corrected chi connectivity index (χ1v) is 5.81. The van der Waals surface area contributed by atoms with Crippen LogP contribution in [0.3, 0.4) is 0 Å². The molecule has 0 amide bonds. The van der Waals surface area contributed by atoms with Crippen molar-refractivity contribution in [2.75, 3.05) is 0 Å². The topological polar surface area (TPSA) is 23.8 Å².